The van der Waals surface area contributed by atoms with E-state index in [0.29, 0.717) is 67.3 Å². The van der Waals surface area contributed by atoms with E-state index < -0.39 is 11.6 Å². The first-order valence-electron chi connectivity index (χ1n) is 13.5. The quantitative estimate of drug-likeness (QED) is 0.159. The summed E-state index contributed by atoms with van der Waals surface area (Å²) in [6, 6.07) is 16.1. The van der Waals surface area contributed by atoms with Gasteiger partial charge in [0.05, 0.1) is 31.7 Å². The van der Waals surface area contributed by atoms with Gasteiger partial charge in [0.15, 0.2) is 5.69 Å². The number of carboxylic acid groups (broad SMARTS) is 1. The summed E-state index contributed by atoms with van der Waals surface area (Å²) >= 11 is 19.6. The molecule has 2 aliphatic rings. The van der Waals surface area contributed by atoms with Gasteiger partial charge in [0.2, 0.25) is 0 Å². The average Bonchev–Trinajstić information content (AvgIpc) is 3.56. The smallest absolute Gasteiger partial charge is 0.357 e. The van der Waals surface area contributed by atoms with Crippen molar-refractivity contribution in [2.75, 3.05) is 0 Å². The van der Waals surface area contributed by atoms with Crippen molar-refractivity contribution < 1.29 is 24.3 Å². The molecule has 11 heteroatoms. The minimum absolute atomic E-state index is 0.00700. The fourth-order valence-corrected chi connectivity index (χ4v) is 6.75. The molecule has 214 valence electrons. The Labute approximate surface area is 255 Å². The van der Waals surface area contributed by atoms with E-state index in [1.165, 1.54) is 0 Å². The number of nitrogens with zero attached hydrogens (tertiary/aromatic N) is 2. The van der Waals surface area contributed by atoms with E-state index in [1.807, 2.05) is 12.1 Å². The Balaban J connectivity index is 1.08. The first-order valence-corrected chi connectivity index (χ1v) is 14.6. The summed E-state index contributed by atoms with van der Waals surface area (Å²) in [6.07, 6.45) is 3.01. The first kappa shape index (κ1) is 27.3. The number of hydrogen-bond donors (Lipinski definition) is 3. The van der Waals surface area contributed by atoms with Crippen LogP contribution < -0.4 is 4.74 Å². The third kappa shape index (κ3) is 4.72. The van der Waals surface area contributed by atoms with E-state index in [9.17, 15) is 15.0 Å². The molecule has 0 atom stereocenters. The number of rotatable bonds is 8. The fraction of sp³-hybridized carbons (Fsp3) is 0.258. The van der Waals surface area contributed by atoms with E-state index in [4.69, 9.17) is 44.1 Å². The van der Waals surface area contributed by atoms with Gasteiger partial charge in [-0.2, -0.15) is 5.10 Å². The van der Waals surface area contributed by atoms with Crippen LogP contribution in [0.25, 0.3) is 22.2 Å². The maximum absolute atomic E-state index is 11.4. The predicted octanol–water partition coefficient (Wildman–Crippen LogP) is 8.10. The highest BCUT2D eigenvalue weighted by Gasteiger charge is 2.46. The van der Waals surface area contributed by atoms with Crippen molar-refractivity contribution in [3.8, 4) is 17.0 Å². The number of aliphatic hydroxyl groups is 1. The van der Waals surface area contributed by atoms with Gasteiger partial charge in [-0.1, -0.05) is 64.2 Å². The Bertz CT molecular complexity index is 1840. The molecule has 2 aliphatic carbocycles. The highest BCUT2D eigenvalue weighted by Crippen LogP contribution is 2.53. The lowest BCUT2D eigenvalue weighted by Crippen LogP contribution is -2.40. The third-order valence-corrected chi connectivity index (χ3v) is 9.16. The van der Waals surface area contributed by atoms with E-state index in [-0.39, 0.29) is 18.2 Å². The van der Waals surface area contributed by atoms with Crippen LogP contribution in [0.1, 0.15) is 70.5 Å². The van der Waals surface area contributed by atoms with E-state index in [2.05, 4.69) is 15.4 Å². The summed E-state index contributed by atoms with van der Waals surface area (Å²) in [4.78, 5) is 11.3. The van der Waals surface area contributed by atoms with E-state index in [0.717, 1.165) is 29.7 Å². The molecule has 7 rings (SSSR count). The lowest BCUT2D eigenvalue weighted by molar-refractivity contribution is -0.0549. The van der Waals surface area contributed by atoms with Crippen molar-refractivity contribution >= 4 is 51.7 Å². The second-order valence-electron chi connectivity index (χ2n) is 11.0. The molecule has 0 bridgehead atoms. The van der Waals surface area contributed by atoms with Gasteiger partial charge in [-0.25, -0.2) is 4.79 Å². The highest BCUT2D eigenvalue weighted by atomic mass is 35.5. The molecular formula is C31H24Cl3N3O5. The number of aromatic carboxylic acids is 1. The monoisotopic (exact) mass is 623 g/mol. The number of carbonyl (C=O) groups is 1. The van der Waals surface area contributed by atoms with Crippen LogP contribution in [0.3, 0.4) is 0 Å². The molecule has 42 heavy (non-hydrogen) atoms. The van der Waals surface area contributed by atoms with Crippen molar-refractivity contribution in [3.63, 3.8) is 0 Å². The van der Waals surface area contributed by atoms with Crippen LogP contribution in [0.15, 0.2) is 59.1 Å². The zero-order valence-corrected chi connectivity index (χ0v) is 24.3. The Morgan fingerprint density at radius 2 is 1.79 bits per heavy atom. The Hall–Kier alpha value is -3.56. The van der Waals surface area contributed by atoms with Crippen LogP contribution in [-0.4, -0.2) is 31.5 Å². The van der Waals surface area contributed by atoms with Crippen LogP contribution in [-0.2, 0) is 12.2 Å². The zero-order valence-electron chi connectivity index (χ0n) is 22.0. The van der Waals surface area contributed by atoms with Crippen molar-refractivity contribution in [1.82, 2.24) is 15.4 Å². The van der Waals surface area contributed by atoms with Gasteiger partial charge >= 0.3 is 5.97 Å². The number of nitrogens with one attached hydrogen (secondary N) is 1. The summed E-state index contributed by atoms with van der Waals surface area (Å²) in [5.74, 6) is 0.634. The number of carboxylic acids is 1. The van der Waals surface area contributed by atoms with Crippen LogP contribution in [0.2, 0.25) is 15.1 Å². The van der Waals surface area contributed by atoms with Gasteiger partial charge in [0, 0.05) is 22.4 Å². The SMILES string of the molecule is O=C(O)c1n[nH]c2cc([C@H]3C[C@@](O)(c4ccc(OCc5c(-c6c(Cl)cccc6Cl)noc5C5CC5)cc4Cl)C3)ccc12. The molecule has 2 fully saturated rings. The average molecular weight is 625 g/mol. The second kappa shape index (κ2) is 10.3. The summed E-state index contributed by atoms with van der Waals surface area (Å²) in [5.41, 5.74) is 3.17. The molecule has 2 aromatic heterocycles. The zero-order chi connectivity index (χ0) is 29.2. The van der Waals surface area contributed by atoms with Crippen LogP contribution in [0.4, 0.5) is 0 Å². The molecule has 2 saturated carbocycles. The van der Waals surface area contributed by atoms with Crippen LogP contribution >= 0.6 is 34.8 Å². The topological polar surface area (TPSA) is 121 Å². The largest absolute Gasteiger partial charge is 0.489 e. The molecule has 0 aliphatic heterocycles. The van der Waals surface area contributed by atoms with Gasteiger partial charge in [-0.15, -0.1) is 0 Å². The Morgan fingerprint density at radius 3 is 2.48 bits per heavy atom. The van der Waals surface area contributed by atoms with Gasteiger partial charge in [0.25, 0.3) is 0 Å². The summed E-state index contributed by atoms with van der Waals surface area (Å²) in [5, 5.41) is 33.6. The van der Waals surface area contributed by atoms with Crippen molar-refractivity contribution in [1.29, 1.82) is 0 Å². The molecule has 0 spiro atoms. The number of aromatic amines is 1. The van der Waals surface area contributed by atoms with Crippen LogP contribution in [0, 0.1) is 0 Å². The highest BCUT2D eigenvalue weighted by molar-refractivity contribution is 6.39. The minimum atomic E-state index is -1.09. The first-order chi connectivity index (χ1) is 20.2. The molecule has 0 amide bonds. The molecule has 0 saturated heterocycles. The number of halogens is 3. The molecule has 0 radical (unpaired) electrons. The molecule has 8 nitrogen and oxygen atoms in total. The van der Waals surface area contributed by atoms with Crippen molar-refractivity contribution in [3.05, 3.63) is 97.8 Å². The Morgan fingerprint density at radius 1 is 1.02 bits per heavy atom. The normalized spacial score (nSPS) is 20.0. The Kier molecular flexibility index (Phi) is 6.70. The van der Waals surface area contributed by atoms with Gasteiger partial charge in [-0.05, 0) is 67.5 Å². The molecule has 3 aromatic carbocycles. The fourth-order valence-electron chi connectivity index (χ4n) is 5.83. The maximum Gasteiger partial charge on any atom is 0.357 e. The summed E-state index contributed by atoms with van der Waals surface area (Å²) < 4.78 is 11.9. The molecule has 0 unspecified atom stereocenters. The standard InChI is InChI=1S/C31H24Cl3N3O5/c32-22-2-1-3-23(33)26(22)27-20(29(42-37-27)15-4-5-15)14-41-18-7-9-21(24(34)11-18)31(40)12-17(13-31)16-6-8-19-25(10-16)35-36-28(19)30(38)39/h1-3,6-11,15,17,40H,4-5,12-14H2,(H,35,36)(H,38,39)/t17-,31-. The number of fused-ring (bicyclic) bond motifs is 1. The number of aromatic nitrogens is 3. The maximum atomic E-state index is 11.4. The molecule has 2 heterocycles. The lowest BCUT2D eigenvalue weighted by atomic mass is 9.65. The number of ether oxygens (including phenoxy) is 1. The van der Waals surface area contributed by atoms with E-state index in [1.54, 1.807) is 42.5 Å². The number of H-pyrrole nitrogens is 1. The molecule has 3 N–H and O–H groups in total. The molecular weight excluding hydrogens is 601 g/mol. The van der Waals surface area contributed by atoms with Gasteiger partial charge in [0.1, 0.15) is 23.8 Å². The predicted molar refractivity (Wildman–Crippen MR) is 159 cm³/mol. The summed E-state index contributed by atoms with van der Waals surface area (Å²) in [7, 11) is 0. The van der Waals surface area contributed by atoms with E-state index >= 15 is 0 Å². The van der Waals surface area contributed by atoms with Crippen LogP contribution in [0.5, 0.6) is 5.75 Å². The van der Waals surface area contributed by atoms with Crippen molar-refractivity contribution in [2.45, 2.75) is 49.7 Å². The molecule has 5 aromatic rings. The van der Waals surface area contributed by atoms with Gasteiger partial charge in [-0.3, -0.25) is 5.10 Å². The number of hydrogen-bond acceptors (Lipinski definition) is 6. The minimum Gasteiger partial charge on any atom is -0.489 e. The number of benzene rings is 3. The van der Waals surface area contributed by atoms with Crippen molar-refractivity contribution in [2.24, 2.45) is 0 Å². The third-order valence-electron chi connectivity index (χ3n) is 8.22. The van der Waals surface area contributed by atoms with Gasteiger partial charge < -0.3 is 19.5 Å². The summed E-state index contributed by atoms with van der Waals surface area (Å²) in [6.45, 7) is 0.188. The second-order valence-corrected chi connectivity index (χ2v) is 12.2. The lowest BCUT2D eigenvalue weighted by Gasteiger charge is -2.44.